The lowest BCUT2D eigenvalue weighted by atomic mass is 10.3. The van der Waals surface area contributed by atoms with Crippen molar-refractivity contribution in [3.05, 3.63) is 46.6 Å². The highest BCUT2D eigenvalue weighted by Gasteiger charge is 2.16. The number of nitrogens with one attached hydrogen (secondary N) is 2. The van der Waals surface area contributed by atoms with Crippen molar-refractivity contribution in [3.63, 3.8) is 0 Å². The molecule has 1 heterocycles. The van der Waals surface area contributed by atoms with E-state index in [1.807, 2.05) is 0 Å². The van der Waals surface area contributed by atoms with Crippen molar-refractivity contribution in [1.82, 2.24) is 4.98 Å². The maximum absolute atomic E-state index is 12.3. The lowest BCUT2D eigenvalue weighted by Crippen LogP contribution is -2.13. The Kier molecular flexibility index (Phi) is 4.37. The van der Waals surface area contributed by atoms with Crippen LogP contribution in [0.15, 0.2) is 41.4 Å². The van der Waals surface area contributed by atoms with Crippen molar-refractivity contribution in [2.24, 2.45) is 0 Å². The first-order valence-corrected chi connectivity index (χ1v) is 7.78. The third-order valence-corrected chi connectivity index (χ3v) is 4.40. The van der Waals surface area contributed by atoms with Crippen molar-refractivity contribution in [2.45, 2.75) is 4.90 Å². The summed E-state index contributed by atoms with van der Waals surface area (Å²) in [6, 6.07) is 7.35. The summed E-state index contributed by atoms with van der Waals surface area (Å²) in [4.78, 5) is 4.04. The van der Waals surface area contributed by atoms with Gasteiger partial charge in [0.05, 0.1) is 15.6 Å². The zero-order valence-corrected chi connectivity index (χ0v) is 12.7. The number of pyridine rings is 1. The summed E-state index contributed by atoms with van der Waals surface area (Å²) in [6.07, 6.45) is 1.40. The highest BCUT2D eigenvalue weighted by molar-refractivity contribution is 7.92. The highest BCUT2D eigenvalue weighted by Crippen LogP contribution is 2.27. The number of aromatic nitrogens is 1. The summed E-state index contributed by atoms with van der Waals surface area (Å²) in [7, 11) is -2.11. The van der Waals surface area contributed by atoms with Gasteiger partial charge in [-0.25, -0.2) is 13.4 Å². The average molecular weight is 332 g/mol. The zero-order valence-electron chi connectivity index (χ0n) is 10.4. The lowest BCUT2D eigenvalue weighted by molar-refractivity contribution is 0.601. The van der Waals surface area contributed by atoms with Crippen molar-refractivity contribution >= 4 is 44.7 Å². The van der Waals surface area contributed by atoms with E-state index < -0.39 is 10.0 Å². The second-order valence-electron chi connectivity index (χ2n) is 3.86. The van der Waals surface area contributed by atoms with Gasteiger partial charge in [-0.2, -0.15) is 0 Å². The molecule has 0 unspecified atom stereocenters. The van der Waals surface area contributed by atoms with E-state index in [1.54, 1.807) is 13.1 Å². The van der Waals surface area contributed by atoms with Gasteiger partial charge in [0, 0.05) is 24.3 Å². The van der Waals surface area contributed by atoms with Crippen LogP contribution in [0.3, 0.4) is 0 Å². The van der Waals surface area contributed by atoms with Gasteiger partial charge in [0.15, 0.2) is 0 Å². The largest absolute Gasteiger partial charge is 0.373 e. The molecular weight excluding hydrogens is 321 g/mol. The molecule has 20 heavy (non-hydrogen) atoms. The van der Waals surface area contributed by atoms with E-state index in [1.165, 1.54) is 30.5 Å². The van der Waals surface area contributed by atoms with Crippen molar-refractivity contribution in [2.75, 3.05) is 17.1 Å². The summed E-state index contributed by atoms with van der Waals surface area (Å²) in [5, 5.41) is 3.42. The first-order chi connectivity index (χ1) is 9.42. The van der Waals surface area contributed by atoms with Gasteiger partial charge in [0.25, 0.3) is 10.0 Å². The molecule has 8 heteroatoms. The maximum atomic E-state index is 12.3. The summed E-state index contributed by atoms with van der Waals surface area (Å²) >= 11 is 11.8. The van der Waals surface area contributed by atoms with Gasteiger partial charge in [-0.1, -0.05) is 23.2 Å². The molecular formula is C12H11Cl2N3O2S. The predicted octanol–water partition coefficient (Wildman–Crippen LogP) is 3.23. The minimum atomic E-state index is -3.76. The molecule has 2 aromatic rings. The third kappa shape index (κ3) is 3.33. The molecule has 0 bridgehead atoms. The molecule has 0 aliphatic carbocycles. The molecule has 0 aliphatic rings. The number of rotatable bonds is 4. The first kappa shape index (κ1) is 14.9. The van der Waals surface area contributed by atoms with Gasteiger partial charge in [0.1, 0.15) is 5.82 Å². The molecule has 2 rings (SSSR count). The van der Waals surface area contributed by atoms with E-state index in [4.69, 9.17) is 23.2 Å². The molecule has 0 atom stereocenters. The molecule has 5 nitrogen and oxygen atoms in total. The lowest BCUT2D eigenvalue weighted by Gasteiger charge is -2.10. The Morgan fingerprint density at radius 3 is 2.60 bits per heavy atom. The Morgan fingerprint density at radius 1 is 1.15 bits per heavy atom. The van der Waals surface area contributed by atoms with Crippen LogP contribution in [0, 0.1) is 0 Å². The molecule has 0 fully saturated rings. The van der Waals surface area contributed by atoms with Gasteiger partial charge >= 0.3 is 0 Å². The van der Waals surface area contributed by atoms with E-state index in [-0.39, 0.29) is 15.6 Å². The number of nitrogens with zero attached hydrogens (tertiary/aromatic N) is 1. The minimum absolute atomic E-state index is 0.0768. The first-order valence-electron chi connectivity index (χ1n) is 5.54. The Labute approximate surface area is 127 Å². The Hall–Kier alpha value is -1.50. The fourth-order valence-corrected chi connectivity index (χ4v) is 2.97. The smallest absolute Gasteiger partial charge is 0.262 e. The van der Waals surface area contributed by atoms with Crippen molar-refractivity contribution in [3.8, 4) is 0 Å². The van der Waals surface area contributed by atoms with Crippen molar-refractivity contribution in [1.29, 1.82) is 0 Å². The summed E-state index contributed by atoms with van der Waals surface area (Å²) < 4.78 is 26.9. The van der Waals surface area contributed by atoms with Crippen LogP contribution in [-0.2, 0) is 10.0 Å². The van der Waals surface area contributed by atoms with Crippen LogP contribution in [0.5, 0.6) is 0 Å². The topological polar surface area (TPSA) is 71.1 Å². The normalized spacial score (nSPS) is 11.2. The van der Waals surface area contributed by atoms with Crippen LogP contribution in [0.4, 0.5) is 11.5 Å². The summed E-state index contributed by atoms with van der Waals surface area (Å²) in [5.41, 5.74) is 0.224. The van der Waals surface area contributed by atoms with E-state index in [2.05, 4.69) is 15.0 Å². The fourth-order valence-electron chi connectivity index (χ4n) is 1.49. The molecule has 0 aliphatic heterocycles. The van der Waals surface area contributed by atoms with Crippen LogP contribution >= 0.6 is 23.2 Å². The number of halogens is 2. The number of hydrogen-bond donors (Lipinski definition) is 2. The van der Waals surface area contributed by atoms with Crippen molar-refractivity contribution < 1.29 is 8.42 Å². The monoisotopic (exact) mass is 331 g/mol. The van der Waals surface area contributed by atoms with Crippen LogP contribution in [0.25, 0.3) is 0 Å². The van der Waals surface area contributed by atoms with Gasteiger partial charge in [0.2, 0.25) is 0 Å². The fraction of sp³-hybridized carbons (Fsp3) is 0.0833. The van der Waals surface area contributed by atoms with E-state index in [0.29, 0.717) is 10.8 Å². The van der Waals surface area contributed by atoms with Gasteiger partial charge in [-0.3, -0.25) is 4.72 Å². The minimum Gasteiger partial charge on any atom is -0.373 e. The molecule has 1 aromatic heterocycles. The third-order valence-electron chi connectivity index (χ3n) is 2.47. The Morgan fingerprint density at radius 2 is 1.90 bits per heavy atom. The second-order valence-corrected chi connectivity index (χ2v) is 6.38. The number of anilines is 2. The van der Waals surface area contributed by atoms with Crippen LogP contribution in [-0.4, -0.2) is 20.4 Å². The maximum Gasteiger partial charge on any atom is 0.262 e. The van der Waals surface area contributed by atoms with Gasteiger partial charge in [-0.05, 0) is 24.3 Å². The van der Waals surface area contributed by atoms with Crippen LogP contribution < -0.4 is 10.0 Å². The SMILES string of the molecule is CNc1cc(S(=O)(=O)Nc2cc(Cl)ccc2Cl)ccn1. The van der Waals surface area contributed by atoms with Gasteiger partial charge in [-0.15, -0.1) is 0 Å². The Bertz CT molecular complexity index is 735. The number of sulfonamides is 1. The molecule has 0 saturated carbocycles. The molecule has 0 radical (unpaired) electrons. The van der Waals surface area contributed by atoms with E-state index in [9.17, 15) is 8.42 Å². The standard InChI is InChI=1S/C12H11Cl2N3O2S/c1-15-12-7-9(4-5-16-12)20(18,19)17-11-6-8(13)2-3-10(11)14/h2-7,17H,1H3,(H,15,16). The second kappa shape index (κ2) is 5.87. The van der Waals surface area contributed by atoms with Gasteiger partial charge < -0.3 is 5.32 Å². The Balaban J connectivity index is 2.38. The molecule has 0 amide bonds. The molecule has 0 saturated heterocycles. The zero-order chi connectivity index (χ0) is 14.8. The van der Waals surface area contributed by atoms with Crippen LogP contribution in [0.1, 0.15) is 0 Å². The summed E-state index contributed by atoms with van der Waals surface area (Å²) in [6.45, 7) is 0. The number of benzene rings is 1. The highest BCUT2D eigenvalue weighted by atomic mass is 35.5. The molecule has 1 aromatic carbocycles. The van der Waals surface area contributed by atoms with Crippen LogP contribution in [0.2, 0.25) is 10.0 Å². The predicted molar refractivity (Wildman–Crippen MR) is 81.1 cm³/mol. The molecule has 2 N–H and O–H groups in total. The quantitative estimate of drug-likeness (QED) is 0.902. The van der Waals surface area contributed by atoms with E-state index >= 15 is 0 Å². The molecule has 0 spiro atoms. The number of hydrogen-bond acceptors (Lipinski definition) is 4. The molecule has 106 valence electrons. The summed E-state index contributed by atoms with van der Waals surface area (Å²) in [5.74, 6) is 0.449. The average Bonchev–Trinajstić information content (AvgIpc) is 2.43. The van der Waals surface area contributed by atoms with E-state index in [0.717, 1.165) is 0 Å².